The van der Waals surface area contributed by atoms with Crippen LogP contribution >= 0.6 is 33.3 Å². The minimum absolute atomic E-state index is 0.0838. The van der Waals surface area contributed by atoms with Crippen LogP contribution in [-0.2, 0) is 73.5 Å². The van der Waals surface area contributed by atoms with Gasteiger partial charge in [0, 0.05) is 70.1 Å². The van der Waals surface area contributed by atoms with E-state index in [0.717, 1.165) is 64.6 Å². The van der Waals surface area contributed by atoms with Crippen molar-refractivity contribution in [3.63, 3.8) is 0 Å². The third kappa shape index (κ3) is 14.5. The van der Waals surface area contributed by atoms with Crippen LogP contribution in [0.25, 0.3) is 0 Å². The Morgan fingerprint density at radius 1 is 0.810 bits per heavy atom. The summed E-state index contributed by atoms with van der Waals surface area (Å²) in [7, 11) is 3.76. The predicted octanol–water partition coefficient (Wildman–Crippen LogP) is 0.874. The standard InChI is InChI=1S/C41H51N5O14S3/c1-23(47)40(24(2)48,25(3)49)38(58)30(12-11-29(51)16-19-61-31-20-37(57)46(39(31)59)18-15-32(52)41(26(4)50)62-63-41)45-36(56)22-60-21-35(55)44-28-9-6-27(7-10-28)8-13-34(54)43-17-14-33(53)42-5/h6-7,9-10,30-31H,8,11-22H2,1-5H3,(H,42,53)(H,43,54)(H,44,55)(H,45,56). The molecule has 2 unspecified atom stereocenters. The lowest BCUT2D eigenvalue weighted by atomic mass is 9.70. The SMILES string of the molecule is CNC(=O)CCNC(=O)CCc1ccc(NC(=O)COCC(=O)NC(CCC(=O)CCSC2CC(=O)N(CCC(=O)C3(C(C)=O)SS3)C2=O)C(=O)C(C(C)=O)(C(C)=O)C(C)=O)cc1. The van der Waals surface area contributed by atoms with E-state index in [-0.39, 0.29) is 80.7 Å². The molecular weight excluding hydrogens is 883 g/mol. The monoisotopic (exact) mass is 933 g/mol. The van der Waals surface area contributed by atoms with Crippen molar-refractivity contribution in [3.8, 4) is 0 Å². The van der Waals surface area contributed by atoms with Gasteiger partial charge < -0.3 is 26.0 Å². The highest BCUT2D eigenvalue weighted by molar-refractivity contribution is 8.94. The molecule has 0 spiro atoms. The first kappa shape index (κ1) is 52.3. The highest BCUT2D eigenvalue weighted by atomic mass is 33.2. The molecule has 4 N–H and O–H groups in total. The number of Topliss-reactive ketones (excluding diaryl/α,β-unsaturated/α-hetero) is 7. The van der Waals surface area contributed by atoms with Crippen LogP contribution in [0.1, 0.15) is 78.2 Å². The van der Waals surface area contributed by atoms with Gasteiger partial charge in [-0.3, -0.25) is 67.2 Å². The number of ether oxygens (including phenoxy) is 1. The summed E-state index contributed by atoms with van der Waals surface area (Å²) >= 11 is 1.05. The molecule has 2 heterocycles. The molecule has 0 radical (unpaired) electrons. The number of likely N-dealkylation sites (tertiary alicyclic amines) is 1. The topological polar surface area (TPSA) is 282 Å². The van der Waals surface area contributed by atoms with Gasteiger partial charge in [0.25, 0.3) is 0 Å². The first-order valence-corrected chi connectivity index (χ1v) is 23.1. The van der Waals surface area contributed by atoms with E-state index in [1.54, 1.807) is 24.3 Å². The van der Waals surface area contributed by atoms with Crippen molar-refractivity contribution in [1.29, 1.82) is 0 Å². The van der Waals surface area contributed by atoms with Crippen LogP contribution in [0.4, 0.5) is 5.69 Å². The summed E-state index contributed by atoms with van der Waals surface area (Å²) in [4.78, 5) is 165. The zero-order chi connectivity index (χ0) is 47.1. The highest BCUT2D eigenvalue weighted by Crippen LogP contribution is 2.66. The van der Waals surface area contributed by atoms with E-state index in [2.05, 4.69) is 21.3 Å². The van der Waals surface area contributed by atoms with E-state index in [1.807, 2.05) is 0 Å². The summed E-state index contributed by atoms with van der Waals surface area (Å²) in [5.41, 5.74) is -1.55. The molecule has 3 rings (SSSR count). The van der Waals surface area contributed by atoms with Crippen LogP contribution in [0.15, 0.2) is 24.3 Å². The molecule has 0 bridgehead atoms. The second kappa shape index (κ2) is 24.1. The Morgan fingerprint density at radius 3 is 2.00 bits per heavy atom. The van der Waals surface area contributed by atoms with E-state index >= 15 is 0 Å². The largest absolute Gasteiger partial charge is 0.362 e. The lowest BCUT2D eigenvalue weighted by molar-refractivity contribution is -0.155. The van der Waals surface area contributed by atoms with Crippen molar-refractivity contribution in [2.24, 2.45) is 5.41 Å². The molecule has 2 aliphatic rings. The van der Waals surface area contributed by atoms with Gasteiger partial charge >= 0.3 is 0 Å². The number of ketones is 7. The van der Waals surface area contributed by atoms with Crippen LogP contribution in [0.3, 0.4) is 0 Å². The Balaban J connectivity index is 1.51. The number of amides is 6. The molecule has 2 fully saturated rings. The van der Waals surface area contributed by atoms with Gasteiger partial charge in [0.15, 0.2) is 38.8 Å². The normalized spacial score (nSPS) is 15.8. The van der Waals surface area contributed by atoms with E-state index in [4.69, 9.17) is 4.74 Å². The fourth-order valence-corrected chi connectivity index (χ4v) is 9.97. The lowest BCUT2D eigenvalue weighted by Gasteiger charge is -2.29. The number of nitrogens with one attached hydrogen (secondary N) is 4. The van der Waals surface area contributed by atoms with Gasteiger partial charge in [-0.05, 0) is 58.2 Å². The molecule has 0 aliphatic carbocycles. The molecule has 2 saturated heterocycles. The van der Waals surface area contributed by atoms with Crippen molar-refractivity contribution in [3.05, 3.63) is 29.8 Å². The van der Waals surface area contributed by atoms with Crippen molar-refractivity contribution in [2.75, 3.05) is 44.4 Å². The third-order valence-corrected chi connectivity index (χ3v) is 14.4. The van der Waals surface area contributed by atoms with Crippen LogP contribution in [-0.4, -0.2) is 135 Å². The minimum atomic E-state index is -2.75. The number of anilines is 1. The smallest absolute Gasteiger partial charge is 0.250 e. The Morgan fingerprint density at radius 2 is 1.43 bits per heavy atom. The number of carbonyl (C=O) groups is 13. The van der Waals surface area contributed by atoms with Crippen LogP contribution in [0.2, 0.25) is 0 Å². The lowest BCUT2D eigenvalue weighted by Crippen LogP contribution is -2.58. The first-order valence-electron chi connectivity index (χ1n) is 19.9. The summed E-state index contributed by atoms with van der Waals surface area (Å²) in [5, 5.41) is 9.22. The Hall–Kier alpha value is -5.06. The third-order valence-electron chi connectivity index (χ3n) is 10.2. The zero-order valence-electron chi connectivity index (χ0n) is 35.5. The van der Waals surface area contributed by atoms with E-state index in [9.17, 15) is 62.3 Å². The van der Waals surface area contributed by atoms with Crippen molar-refractivity contribution < 1.29 is 67.1 Å². The summed E-state index contributed by atoms with van der Waals surface area (Å²) in [6.07, 6.45) is -0.499. The number of imide groups is 1. The first-order chi connectivity index (χ1) is 29.7. The van der Waals surface area contributed by atoms with Crippen molar-refractivity contribution in [2.45, 2.75) is 94.4 Å². The zero-order valence-corrected chi connectivity index (χ0v) is 38.0. The summed E-state index contributed by atoms with van der Waals surface area (Å²) in [6.45, 7) is 2.62. The molecule has 2 aliphatic heterocycles. The van der Waals surface area contributed by atoms with Crippen LogP contribution < -0.4 is 21.3 Å². The number of rotatable bonds is 29. The maximum absolute atomic E-state index is 13.8. The van der Waals surface area contributed by atoms with Crippen molar-refractivity contribution in [1.82, 2.24) is 20.9 Å². The fourth-order valence-electron chi connectivity index (χ4n) is 6.59. The Bertz CT molecular complexity index is 1980. The Kier molecular flexibility index (Phi) is 20.0. The van der Waals surface area contributed by atoms with Gasteiger partial charge in [-0.15, -0.1) is 11.8 Å². The Labute approximate surface area is 375 Å². The molecule has 0 aromatic heterocycles. The number of nitrogens with zero attached hydrogens (tertiary/aromatic N) is 1. The predicted molar refractivity (Wildman–Crippen MR) is 232 cm³/mol. The van der Waals surface area contributed by atoms with Gasteiger partial charge in [-0.1, -0.05) is 33.7 Å². The number of thioether (sulfide) groups is 1. The van der Waals surface area contributed by atoms with Gasteiger partial charge in [0.1, 0.15) is 19.0 Å². The molecule has 2 atom stereocenters. The molecule has 22 heteroatoms. The quantitative estimate of drug-likeness (QED) is 0.0375. The molecule has 19 nitrogen and oxygen atoms in total. The maximum Gasteiger partial charge on any atom is 0.250 e. The number of benzene rings is 1. The molecule has 0 saturated carbocycles. The maximum atomic E-state index is 13.8. The molecule has 1 aromatic carbocycles. The van der Waals surface area contributed by atoms with Crippen LogP contribution in [0, 0.1) is 5.41 Å². The van der Waals surface area contributed by atoms with Crippen molar-refractivity contribution >= 4 is 115 Å². The highest BCUT2D eigenvalue weighted by Gasteiger charge is 2.57. The minimum Gasteiger partial charge on any atom is -0.362 e. The van der Waals surface area contributed by atoms with Gasteiger partial charge in [0.05, 0.1) is 11.3 Å². The second-order valence-electron chi connectivity index (χ2n) is 14.7. The van der Waals surface area contributed by atoms with Gasteiger partial charge in [-0.25, -0.2) is 0 Å². The van der Waals surface area contributed by atoms with Gasteiger partial charge in [-0.2, -0.15) is 0 Å². The average Bonchev–Trinajstić information content (AvgIpc) is 3.99. The second-order valence-corrected chi connectivity index (χ2v) is 18.8. The molecular formula is C41H51N5O14S3. The number of hydrogen-bond acceptors (Lipinski definition) is 17. The number of hydrogen-bond donors (Lipinski definition) is 4. The summed E-state index contributed by atoms with van der Waals surface area (Å²) in [6, 6.07) is 4.91. The molecule has 1 aromatic rings. The fraction of sp³-hybridized carbons (Fsp3) is 0.537. The summed E-state index contributed by atoms with van der Waals surface area (Å²) in [5.74, 6) is -8.55. The number of aryl methyl sites for hydroxylation is 1. The van der Waals surface area contributed by atoms with E-state index < -0.39 is 93.0 Å². The van der Waals surface area contributed by atoms with E-state index in [1.165, 1.54) is 14.0 Å². The summed E-state index contributed by atoms with van der Waals surface area (Å²) < 4.78 is 4.05. The van der Waals surface area contributed by atoms with Gasteiger partial charge in [0.2, 0.25) is 40.9 Å². The molecule has 63 heavy (non-hydrogen) atoms. The molecule has 6 amide bonds. The average molecular weight is 934 g/mol. The van der Waals surface area contributed by atoms with E-state index in [0.29, 0.717) is 12.1 Å². The number of carbonyl (C=O) groups excluding carboxylic acids is 13. The van der Waals surface area contributed by atoms with Crippen LogP contribution in [0.5, 0.6) is 0 Å². The molecule has 342 valence electrons.